The Kier molecular flexibility index (Phi) is 4.50. The zero-order chi connectivity index (χ0) is 12.2. The first-order chi connectivity index (χ1) is 7.43. The first-order valence-corrected chi connectivity index (χ1v) is 5.60. The molecule has 0 aliphatic rings. The molecule has 5 heteroatoms. The van der Waals surface area contributed by atoms with Crippen molar-refractivity contribution in [2.24, 2.45) is 0 Å². The van der Waals surface area contributed by atoms with Crippen LogP contribution in [-0.2, 0) is 5.41 Å². The molecule has 0 aromatic carbocycles. The van der Waals surface area contributed by atoms with Crippen LogP contribution in [0.25, 0.3) is 0 Å². The van der Waals surface area contributed by atoms with E-state index in [1.165, 1.54) is 0 Å². The predicted octanol–water partition coefficient (Wildman–Crippen LogP) is 2.19. The minimum Gasteiger partial charge on any atom is -0.477 e. The van der Waals surface area contributed by atoms with Crippen LogP contribution >= 0.6 is 11.6 Å². The van der Waals surface area contributed by atoms with Crippen molar-refractivity contribution in [3.8, 4) is 5.88 Å². The summed E-state index contributed by atoms with van der Waals surface area (Å²) >= 11 is 5.89. The Morgan fingerprint density at radius 2 is 2.06 bits per heavy atom. The molecule has 0 aliphatic heterocycles. The molecule has 0 aliphatic carbocycles. The molecule has 0 saturated heterocycles. The molecule has 4 nitrogen and oxygen atoms in total. The standard InChI is InChI=1S/C11H17ClN2O2/c1-11(2,3)10-13-8(12)7-9(14-10)16-6-4-5-15/h7,15H,4-6H2,1-3H3. The van der Waals surface area contributed by atoms with E-state index in [0.717, 1.165) is 0 Å². The third kappa shape index (κ3) is 3.94. The van der Waals surface area contributed by atoms with Gasteiger partial charge in [-0.25, -0.2) is 4.98 Å². The van der Waals surface area contributed by atoms with Gasteiger partial charge in [0.15, 0.2) is 0 Å². The average Bonchev–Trinajstić information content (AvgIpc) is 2.16. The Balaban J connectivity index is 2.82. The fraction of sp³-hybridized carbons (Fsp3) is 0.636. The molecule has 1 heterocycles. The summed E-state index contributed by atoms with van der Waals surface area (Å²) in [6.45, 7) is 6.56. The minimum atomic E-state index is -0.167. The fourth-order valence-corrected chi connectivity index (χ4v) is 1.22. The third-order valence-corrected chi connectivity index (χ3v) is 2.09. The number of aliphatic hydroxyl groups is 1. The Morgan fingerprint density at radius 1 is 1.38 bits per heavy atom. The fourth-order valence-electron chi connectivity index (χ4n) is 1.05. The predicted molar refractivity (Wildman–Crippen MR) is 62.9 cm³/mol. The lowest BCUT2D eigenvalue weighted by Crippen LogP contribution is -2.16. The highest BCUT2D eigenvalue weighted by Gasteiger charge is 2.19. The number of nitrogens with zero attached hydrogens (tertiary/aromatic N) is 2. The summed E-state index contributed by atoms with van der Waals surface area (Å²) < 4.78 is 5.37. The van der Waals surface area contributed by atoms with Crippen LogP contribution in [0.1, 0.15) is 33.0 Å². The van der Waals surface area contributed by atoms with Gasteiger partial charge in [0.05, 0.1) is 6.61 Å². The van der Waals surface area contributed by atoms with Gasteiger partial charge in [0, 0.05) is 24.5 Å². The van der Waals surface area contributed by atoms with E-state index in [4.69, 9.17) is 21.4 Å². The number of hydrogen-bond donors (Lipinski definition) is 1. The zero-order valence-corrected chi connectivity index (χ0v) is 10.6. The lowest BCUT2D eigenvalue weighted by molar-refractivity contribution is 0.228. The van der Waals surface area contributed by atoms with Crippen LogP contribution in [0.15, 0.2) is 6.07 Å². The molecule has 1 rings (SSSR count). The van der Waals surface area contributed by atoms with E-state index >= 15 is 0 Å². The SMILES string of the molecule is CC(C)(C)c1nc(Cl)cc(OCCCO)n1. The van der Waals surface area contributed by atoms with Crippen LogP contribution < -0.4 is 4.74 Å². The maximum Gasteiger partial charge on any atom is 0.218 e. The van der Waals surface area contributed by atoms with Gasteiger partial charge in [0.2, 0.25) is 5.88 Å². The van der Waals surface area contributed by atoms with Crippen molar-refractivity contribution in [1.82, 2.24) is 9.97 Å². The molecule has 0 saturated carbocycles. The first kappa shape index (κ1) is 13.2. The maximum atomic E-state index is 8.64. The molecule has 16 heavy (non-hydrogen) atoms. The van der Waals surface area contributed by atoms with E-state index in [2.05, 4.69) is 9.97 Å². The minimum absolute atomic E-state index is 0.102. The van der Waals surface area contributed by atoms with Gasteiger partial charge in [-0.05, 0) is 0 Å². The summed E-state index contributed by atoms with van der Waals surface area (Å²) in [5.41, 5.74) is -0.167. The number of aliphatic hydroxyl groups excluding tert-OH is 1. The molecular formula is C11H17ClN2O2. The quantitative estimate of drug-likeness (QED) is 0.652. The van der Waals surface area contributed by atoms with Gasteiger partial charge in [-0.2, -0.15) is 4.98 Å². The lowest BCUT2D eigenvalue weighted by atomic mass is 9.96. The van der Waals surface area contributed by atoms with Crippen LogP contribution in [-0.4, -0.2) is 28.3 Å². The van der Waals surface area contributed by atoms with Gasteiger partial charge in [0.25, 0.3) is 0 Å². The second-order valence-corrected chi connectivity index (χ2v) is 4.92. The number of ether oxygens (including phenoxy) is 1. The molecule has 0 unspecified atom stereocenters. The molecular weight excluding hydrogens is 228 g/mol. The Hall–Kier alpha value is -0.870. The molecule has 0 fully saturated rings. The van der Waals surface area contributed by atoms with Crippen LogP contribution in [0.5, 0.6) is 5.88 Å². The van der Waals surface area contributed by atoms with Gasteiger partial charge in [0.1, 0.15) is 11.0 Å². The van der Waals surface area contributed by atoms with E-state index in [0.29, 0.717) is 29.9 Å². The summed E-state index contributed by atoms with van der Waals surface area (Å²) in [6.07, 6.45) is 0.576. The lowest BCUT2D eigenvalue weighted by Gasteiger charge is -2.17. The molecule has 0 bridgehead atoms. The largest absolute Gasteiger partial charge is 0.477 e. The third-order valence-electron chi connectivity index (χ3n) is 1.89. The molecule has 0 amide bonds. The highest BCUT2D eigenvalue weighted by Crippen LogP contribution is 2.23. The molecule has 0 atom stereocenters. The molecule has 0 radical (unpaired) electrons. The molecule has 0 spiro atoms. The van der Waals surface area contributed by atoms with Gasteiger partial charge in [-0.1, -0.05) is 32.4 Å². The number of aromatic nitrogens is 2. The number of hydrogen-bond acceptors (Lipinski definition) is 4. The van der Waals surface area contributed by atoms with Crippen LogP contribution in [0.3, 0.4) is 0 Å². The maximum absolute atomic E-state index is 8.64. The van der Waals surface area contributed by atoms with Crippen molar-refractivity contribution in [1.29, 1.82) is 0 Å². The summed E-state index contributed by atoms with van der Waals surface area (Å²) in [5, 5.41) is 9.02. The number of halogens is 1. The van der Waals surface area contributed by atoms with Crippen LogP contribution in [0, 0.1) is 0 Å². The molecule has 1 aromatic heterocycles. The van der Waals surface area contributed by atoms with E-state index in [-0.39, 0.29) is 12.0 Å². The normalized spacial score (nSPS) is 11.6. The Bertz CT molecular complexity index is 350. The molecule has 1 aromatic rings. The van der Waals surface area contributed by atoms with Crippen molar-refractivity contribution >= 4 is 11.6 Å². The zero-order valence-electron chi connectivity index (χ0n) is 9.83. The van der Waals surface area contributed by atoms with Gasteiger partial charge >= 0.3 is 0 Å². The van der Waals surface area contributed by atoms with Crippen molar-refractivity contribution in [2.75, 3.05) is 13.2 Å². The summed E-state index contributed by atoms with van der Waals surface area (Å²) in [4.78, 5) is 8.44. The second kappa shape index (κ2) is 5.46. The van der Waals surface area contributed by atoms with Crippen molar-refractivity contribution < 1.29 is 9.84 Å². The average molecular weight is 245 g/mol. The van der Waals surface area contributed by atoms with E-state index in [1.807, 2.05) is 20.8 Å². The van der Waals surface area contributed by atoms with Crippen LogP contribution in [0.4, 0.5) is 0 Å². The molecule has 90 valence electrons. The van der Waals surface area contributed by atoms with Gasteiger partial charge < -0.3 is 9.84 Å². The van der Waals surface area contributed by atoms with E-state index in [9.17, 15) is 0 Å². The Labute approximate surface area is 101 Å². The number of rotatable bonds is 4. The smallest absolute Gasteiger partial charge is 0.218 e. The van der Waals surface area contributed by atoms with Gasteiger partial charge in [-0.15, -0.1) is 0 Å². The summed E-state index contributed by atoms with van der Waals surface area (Å²) in [7, 11) is 0. The highest BCUT2D eigenvalue weighted by atomic mass is 35.5. The van der Waals surface area contributed by atoms with Crippen molar-refractivity contribution in [3.05, 3.63) is 17.0 Å². The summed E-state index contributed by atoms with van der Waals surface area (Å²) in [6, 6.07) is 1.58. The molecule has 1 N–H and O–H groups in total. The van der Waals surface area contributed by atoms with E-state index in [1.54, 1.807) is 6.07 Å². The first-order valence-electron chi connectivity index (χ1n) is 5.22. The monoisotopic (exact) mass is 244 g/mol. The van der Waals surface area contributed by atoms with Crippen molar-refractivity contribution in [2.45, 2.75) is 32.6 Å². The van der Waals surface area contributed by atoms with Crippen LogP contribution in [0.2, 0.25) is 5.15 Å². The van der Waals surface area contributed by atoms with Gasteiger partial charge in [-0.3, -0.25) is 0 Å². The van der Waals surface area contributed by atoms with Crippen molar-refractivity contribution in [3.63, 3.8) is 0 Å². The Morgan fingerprint density at radius 3 is 2.62 bits per heavy atom. The van der Waals surface area contributed by atoms with E-state index < -0.39 is 0 Å². The highest BCUT2D eigenvalue weighted by molar-refractivity contribution is 6.29. The second-order valence-electron chi connectivity index (χ2n) is 4.53. The topological polar surface area (TPSA) is 55.2 Å². The summed E-state index contributed by atoms with van der Waals surface area (Å²) in [5.74, 6) is 1.11.